The minimum atomic E-state index is 0.323. The van der Waals surface area contributed by atoms with Gasteiger partial charge in [0.15, 0.2) is 0 Å². The third-order valence-corrected chi connectivity index (χ3v) is 4.03. The lowest BCUT2D eigenvalue weighted by Gasteiger charge is -2.21. The molecule has 2 nitrogen and oxygen atoms in total. The first kappa shape index (κ1) is 15.7. The first-order valence-electron chi connectivity index (χ1n) is 8.08. The highest BCUT2D eigenvalue weighted by Gasteiger charge is 2.19. The zero-order valence-electron chi connectivity index (χ0n) is 12.2. The fourth-order valence-corrected chi connectivity index (χ4v) is 2.76. The first-order chi connectivity index (χ1) is 8.84. The Labute approximate surface area is 113 Å². The molecule has 1 unspecified atom stereocenters. The molecule has 1 atom stereocenters. The van der Waals surface area contributed by atoms with Gasteiger partial charge in [0.25, 0.3) is 0 Å². The minimum Gasteiger partial charge on any atom is -0.316 e. The Morgan fingerprint density at radius 1 is 1.06 bits per heavy atom. The summed E-state index contributed by atoms with van der Waals surface area (Å²) in [6.45, 7) is 4.28. The summed E-state index contributed by atoms with van der Waals surface area (Å²) in [6.07, 6.45) is 13.6. The van der Waals surface area contributed by atoms with Crippen molar-refractivity contribution in [2.45, 2.75) is 77.6 Å². The monoisotopic (exact) mass is 253 g/mol. The van der Waals surface area contributed by atoms with E-state index in [0.29, 0.717) is 11.7 Å². The maximum atomic E-state index is 11.9. The molecule has 0 spiro atoms. The largest absolute Gasteiger partial charge is 0.316 e. The van der Waals surface area contributed by atoms with E-state index in [9.17, 15) is 4.79 Å². The first-order valence-corrected chi connectivity index (χ1v) is 8.08. The molecule has 1 aliphatic heterocycles. The van der Waals surface area contributed by atoms with Crippen LogP contribution in [0, 0.1) is 5.92 Å². The average Bonchev–Trinajstić information content (AvgIpc) is 2.42. The van der Waals surface area contributed by atoms with Crippen molar-refractivity contribution in [3.63, 3.8) is 0 Å². The van der Waals surface area contributed by atoms with Crippen LogP contribution in [0.15, 0.2) is 0 Å². The van der Waals surface area contributed by atoms with Gasteiger partial charge in [-0.1, -0.05) is 51.9 Å². The van der Waals surface area contributed by atoms with E-state index in [1.165, 1.54) is 51.4 Å². The molecule has 1 aliphatic rings. The normalized spacial score (nSPS) is 19.9. The molecule has 1 heterocycles. The van der Waals surface area contributed by atoms with E-state index in [1.807, 2.05) is 0 Å². The molecule has 2 heteroatoms. The second-order valence-electron chi connectivity index (χ2n) is 5.73. The molecule has 0 aliphatic carbocycles. The molecule has 106 valence electrons. The zero-order chi connectivity index (χ0) is 13.1. The molecule has 0 radical (unpaired) electrons. The van der Waals surface area contributed by atoms with Crippen LogP contribution in [0.5, 0.6) is 0 Å². The smallest absolute Gasteiger partial charge is 0.137 e. The third-order valence-electron chi connectivity index (χ3n) is 4.03. The van der Waals surface area contributed by atoms with Crippen molar-refractivity contribution in [3.8, 4) is 0 Å². The molecular weight excluding hydrogens is 222 g/mol. The highest BCUT2D eigenvalue weighted by Crippen LogP contribution is 2.16. The van der Waals surface area contributed by atoms with Crippen molar-refractivity contribution in [1.29, 1.82) is 0 Å². The van der Waals surface area contributed by atoms with Gasteiger partial charge in [-0.3, -0.25) is 4.79 Å². The van der Waals surface area contributed by atoms with E-state index in [4.69, 9.17) is 0 Å². The van der Waals surface area contributed by atoms with Crippen molar-refractivity contribution in [2.24, 2.45) is 5.92 Å². The fourth-order valence-electron chi connectivity index (χ4n) is 2.76. The Kier molecular flexibility index (Phi) is 9.19. The summed E-state index contributed by atoms with van der Waals surface area (Å²) in [4.78, 5) is 11.9. The Balaban J connectivity index is 1.89. The maximum absolute atomic E-state index is 11.9. The van der Waals surface area contributed by atoms with Crippen LogP contribution in [0.3, 0.4) is 0 Å². The second-order valence-corrected chi connectivity index (χ2v) is 5.73. The average molecular weight is 253 g/mol. The van der Waals surface area contributed by atoms with Crippen molar-refractivity contribution in [3.05, 3.63) is 0 Å². The van der Waals surface area contributed by atoms with Gasteiger partial charge in [0.05, 0.1) is 0 Å². The molecule has 1 N–H and O–H groups in total. The van der Waals surface area contributed by atoms with E-state index in [0.717, 1.165) is 32.4 Å². The molecule has 1 fully saturated rings. The highest BCUT2D eigenvalue weighted by atomic mass is 16.1. The summed E-state index contributed by atoms with van der Waals surface area (Å²) in [5.74, 6) is 0.830. The summed E-state index contributed by atoms with van der Waals surface area (Å²) in [7, 11) is 0. The molecule has 0 aromatic rings. The van der Waals surface area contributed by atoms with Crippen LogP contribution in [-0.2, 0) is 4.79 Å². The lowest BCUT2D eigenvalue weighted by atomic mass is 9.92. The van der Waals surface area contributed by atoms with Gasteiger partial charge in [-0.15, -0.1) is 0 Å². The summed E-state index contributed by atoms with van der Waals surface area (Å²) >= 11 is 0. The molecule has 0 aromatic heterocycles. The van der Waals surface area contributed by atoms with E-state index in [-0.39, 0.29) is 0 Å². The molecule has 0 saturated carbocycles. The van der Waals surface area contributed by atoms with Gasteiger partial charge in [0, 0.05) is 18.9 Å². The number of rotatable bonds is 10. The SMILES string of the molecule is CCCCCCCCCCC(=O)C1CCCNC1. The highest BCUT2D eigenvalue weighted by molar-refractivity contribution is 5.81. The minimum absolute atomic E-state index is 0.323. The summed E-state index contributed by atoms with van der Waals surface area (Å²) in [5, 5.41) is 3.33. The number of carbonyl (C=O) groups excluding carboxylic acids is 1. The van der Waals surface area contributed by atoms with Crippen molar-refractivity contribution >= 4 is 5.78 Å². The molecule has 18 heavy (non-hydrogen) atoms. The number of hydrogen-bond acceptors (Lipinski definition) is 2. The van der Waals surface area contributed by atoms with E-state index in [1.54, 1.807) is 0 Å². The van der Waals surface area contributed by atoms with Crippen LogP contribution in [-0.4, -0.2) is 18.9 Å². The summed E-state index contributed by atoms with van der Waals surface area (Å²) < 4.78 is 0. The molecule has 0 amide bonds. The molecule has 0 bridgehead atoms. The number of unbranched alkanes of at least 4 members (excludes halogenated alkanes) is 7. The Bertz CT molecular complexity index is 209. The van der Waals surface area contributed by atoms with E-state index >= 15 is 0 Å². The van der Waals surface area contributed by atoms with Crippen LogP contribution in [0.2, 0.25) is 0 Å². The zero-order valence-corrected chi connectivity index (χ0v) is 12.2. The third kappa shape index (κ3) is 7.15. The quantitative estimate of drug-likeness (QED) is 0.594. The molecular formula is C16H31NO. The van der Waals surface area contributed by atoms with Crippen molar-refractivity contribution < 1.29 is 4.79 Å². The van der Waals surface area contributed by atoms with Crippen molar-refractivity contribution in [2.75, 3.05) is 13.1 Å². The number of Topliss-reactive ketones (excluding diaryl/α,β-unsaturated/α-hetero) is 1. The van der Waals surface area contributed by atoms with Gasteiger partial charge in [-0.25, -0.2) is 0 Å². The molecule has 0 aromatic carbocycles. The second kappa shape index (κ2) is 10.5. The number of piperidine rings is 1. The lowest BCUT2D eigenvalue weighted by Crippen LogP contribution is -2.34. The number of carbonyl (C=O) groups is 1. The van der Waals surface area contributed by atoms with Gasteiger partial charge in [0.1, 0.15) is 5.78 Å². The Morgan fingerprint density at radius 2 is 1.72 bits per heavy atom. The maximum Gasteiger partial charge on any atom is 0.137 e. The van der Waals surface area contributed by atoms with Crippen molar-refractivity contribution in [1.82, 2.24) is 5.32 Å². The number of ketones is 1. The van der Waals surface area contributed by atoms with E-state index < -0.39 is 0 Å². The van der Waals surface area contributed by atoms with Crippen LogP contribution in [0.4, 0.5) is 0 Å². The lowest BCUT2D eigenvalue weighted by molar-refractivity contribution is -0.123. The topological polar surface area (TPSA) is 29.1 Å². The number of hydrogen-bond donors (Lipinski definition) is 1. The number of nitrogens with one attached hydrogen (secondary N) is 1. The predicted molar refractivity (Wildman–Crippen MR) is 77.8 cm³/mol. The summed E-state index contributed by atoms with van der Waals surface area (Å²) in [6, 6.07) is 0. The Morgan fingerprint density at radius 3 is 2.33 bits per heavy atom. The van der Waals surface area contributed by atoms with Gasteiger partial charge in [-0.2, -0.15) is 0 Å². The van der Waals surface area contributed by atoms with Gasteiger partial charge < -0.3 is 5.32 Å². The predicted octanol–water partition coefficient (Wildman–Crippen LogP) is 4.09. The standard InChI is InChI=1S/C16H31NO/c1-2-3-4-5-6-7-8-9-12-16(18)15-11-10-13-17-14-15/h15,17H,2-14H2,1H3. The van der Waals surface area contributed by atoms with Gasteiger partial charge >= 0.3 is 0 Å². The van der Waals surface area contributed by atoms with Gasteiger partial charge in [-0.05, 0) is 25.8 Å². The molecule has 1 saturated heterocycles. The Hall–Kier alpha value is -0.370. The molecule has 1 rings (SSSR count). The van der Waals surface area contributed by atoms with Crippen LogP contribution in [0.25, 0.3) is 0 Å². The van der Waals surface area contributed by atoms with E-state index in [2.05, 4.69) is 12.2 Å². The van der Waals surface area contributed by atoms with Crippen LogP contribution < -0.4 is 5.32 Å². The van der Waals surface area contributed by atoms with Gasteiger partial charge in [0.2, 0.25) is 0 Å². The fraction of sp³-hybridized carbons (Fsp3) is 0.938. The van der Waals surface area contributed by atoms with Crippen LogP contribution in [0.1, 0.15) is 77.6 Å². The van der Waals surface area contributed by atoms with Crippen LogP contribution >= 0.6 is 0 Å². The summed E-state index contributed by atoms with van der Waals surface area (Å²) in [5.41, 5.74) is 0.